The van der Waals surface area contributed by atoms with Gasteiger partial charge in [-0.2, -0.15) is 0 Å². The first-order valence-corrected chi connectivity index (χ1v) is 11.7. The third-order valence-corrected chi connectivity index (χ3v) is 6.01. The first-order chi connectivity index (χ1) is 16.1. The normalized spacial score (nSPS) is 13.8. The molecular formula is C26H33ClN2O5. The van der Waals surface area contributed by atoms with Crippen LogP contribution in [-0.2, 0) is 22.5 Å². The zero-order valence-corrected chi connectivity index (χ0v) is 21.2. The lowest BCUT2D eigenvalue weighted by Crippen LogP contribution is -2.49. The van der Waals surface area contributed by atoms with E-state index < -0.39 is 11.7 Å². The minimum atomic E-state index is -0.555. The maximum absolute atomic E-state index is 12.4. The van der Waals surface area contributed by atoms with Crippen LogP contribution in [0.2, 0.25) is 5.02 Å². The van der Waals surface area contributed by atoms with Crippen LogP contribution in [0.1, 0.15) is 48.9 Å². The van der Waals surface area contributed by atoms with Crippen molar-refractivity contribution in [3.8, 4) is 5.75 Å². The molecule has 3 rings (SSSR count). The van der Waals surface area contributed by atoms with Crippen LogP contribution < -0.4 is 10.1 Å². The second-order valence-electron chi connectivity index (χ2n) is 9.41. The van der Waals surface area contributed by atoms with Crippen LogP contribution in [-0.4, -0.2) is 49.4 Å². The summed E-state index contributed by atoms with van der Waals surface area (Å²) in [6.07, 6.45) is -0.264. The van der Waals surface area contributed by atoms with Crippen molar-refractivity contribution in [1.29, 1.82) is 0 Å². The molecule has 1 fully saturated rings. The highest BCUT2D eigenvalue weighted by Gasteiger charge is 2.36. The van der Waals surface area contributed by atoms with Crippen molar-refractivity contribution in [2.75, 3.05) is 26.7 Å². The van der Waals surface area contributed by atoms with Gasteiger partial charge in [-0.25, -0.2) is 9.59 Å². The maximum atomic E-state index is 12.4. The first-order valence-electron chi connectivity index (χ1n) is 11.4. The number of hydrogen-bond acceptors (Lipinski definition) is 5. The summed E-state index contributed by atoms with van der Waals surface area (Å²) in [6, 6.07) is 11.5. The number of hydrogen-bond donors (Lipinski definition) is 1. The van der Waals surface area contributed by atoms with Crippen molar-refractivity contribution in [2.24, 2.45) is 0 Å². The zero-order valence-electron chi connectivity index (χ0n) is 20.4. The van der Waals surface area contributed by atoms with E-state index in [-0.39, 0.29) is 18.6 Å². The molecule has 34 heavy (non-hydrogen) atoms. The molecule has 1 aliphatic heterocycles. The topological polar surface area (TPSA) is 77.1 Å². The number of carbonyl (C=O) groups excluding carboxylic acids is 2. The fourth-order valence-electron chi connectivity index (χ4n) is 3.95. The van der Waals surface area contributed by atoms with E-state index in [0.29, 0.717) is 31.1 Å². The van der Waals surface area contributed by atoms with E-state index in [1.165, 1.54) is 0 Å². The lowest BCUT2D eigenvalue weighted by molar-refractivity contribution is 0.0528. The van der Waals surface area contributed by atoms with Crippen LogP contribution in [0.5, 0.6) is 5.75 Å². The monoisotopic (exact) mass is 488 g/mol. The Bertz CT molecular complexity index is 1010. The molecule has 2 aromatic rings. The van der Waals surface area contributed by atoms with Crippen LogP contribution >= 0.6 is 11.6 Å². The molecule has 0 aromatic heterocycles. The number of benzene rings is 2. The Labute approximate surface area is 206 Å². The average molecular weight is 489 g/mol. The summed E-state index contributed by atoms with van der Waals surface area (Å²) in [5.41, 5.74) is 3.22. The Morgan fingerprint density at radius 2 is 1.85 bits per heavy atom. The summed E-state index contributed by atoms with van der Waals surface area (Å²) in [5.74, 6) is 0.839. The third kappa shape index (κ3) is 6.56. The van der Waals surface area contributed by atoms with E-state index >= 15 is 0 Å². The summed E-state index contributed by atoms with van der Waals surface area (Å²) in [5, 5.41) is 3.40. The average Bonchev–Trinajstić information content (AvgIpc) is 2.74. The van der Waals surface area contributed by atoms with Crippen LogP contribution in [0.15, 0.2) is 36.4 Å². The van der Waals surface area contributed by atoms with Gasteiger partial charge in [0.05, 0.1) is 7.11 Å². The maximum Gasteiger partial charge on any atom is 0.410 e. The van der Waals surface area contributed by atoms with Crippen LogP contribution in [0.3, 0.4) is 0 Å². The van der Waals surface area contributed by atoms with Crippen LogP contribution in [0.25, 0.3) is 0 Å². The van der Waals surface area contributed by atoms with Crippen LogP contribution in [0, 0.1) is 6.92 Å². The summed E-state index contributed by atoms with van der Waals surface area (Å²) >= 11 is 6.55. The highest BCUT2D eigenvalue weighted by atomic mass is 35.5. The molecule has 1 N–H and O–H groups in total. The fourth-order valence-corrected chi connectivity index (χ4v) is 4.18. The predicted molar refractivity (Wildman–Crippen MR) is 132 cm³/mol. The number of amides is 2. The number of carbonyl (C=O) groups is 2. The van der Waals surface area contributed by atoms with E-state index in [9.17, 15) is 9.59 Å². The number of rotatable bonds is 7. The molecule has 2 amide bonds. The molecule has 0 aliphatic carbocycles. The van der Waals surface area contributed by atoms with Gasteiger partial charge in [0.15, 0.2) is 0 Å². The van der Waals surface area contributed by atoms with Gasteiger partial charge in [-0.05, 0) is 56.9 Å². The Kier molecular flexibility index (Phi) is 8.31. The third-order valence-electron chi connectivity index (χ3n) is 5.62. The van der Waals surface area contributed by atoms with Gasteiger partial charge < -0.3 is 24.4 Å². The molecule has 2 aromatic carbocycles. The number of nitrogens with one attached hydrogen (secondary N) is 1. The largest absolute Gasteiger partial charge is 0.496 e. The zero-order chi connectivity index (χ0) is 24.9. The van der Waals surface area contributed by atoms with Gasteiger partial charge >= 0.3 is 12.2 Å². The molecular weight excluding hydrogens is 456 g/mol. The van der Waals surface area contributed by atoms with Gasteiger partial charge in [-0.15, -0.1) is 0 Å². The Morgan fingerprint density at radius 1 is 1.18 bits per heavy atom. The van der Waals surface area contributed by atoms with E-state index in [4.69, 9.17) is 25.8 Å². The first kappa shape index (κ1) is 25.7. The number of likely N-dealkylation sites (tertiary alicyclic amines) is 1. The highest BCUT2D eigenvalue weighted by molar-refractivity contribution is 6.31. The Hall–Kier alpha value is -2.93. The Morgan fingerprint density at radius 3 is 2.47 bits per heavy atom. The highest BCUT2D eigenvalue weighted by Crippen LogP contribution is 2.41. The lowest BCUT2D eigenvalue weighted by atomic mass is 9.86. The van der Waals surface area contributed by atoms with Gasteiger partial charge in [-0.3, -0.25) is 0 Å². The van der Waals surface area contributed by atoms with Crippen molar-refractivity contribution in [3.63, 3.8) is 0 Å². The van der Waals surface area contributed by atoms with E-state index in [2.05, 4.69) is 5.32 Å². The molecule has 0 atom stereocenters. The van der Waals surface area contributed by atoms with Gasteiger partial charge in [0.1, 0.15) is 18.0 Å². The SMILES string of the molecule is COc1c(CCNC(=O)OC(C)(C)C)cc(Cl)c(C)c1C1CN(C(=O)OCc2ccccc2)C1. The molecule has 1 saturated heterocycles. The van der Waals surface area contributed by atoms with Gasteiger partial charge in [-0.1, -0.05) is 41.9 Å². The van der Waals surface area contributed by atoms with Crippen molar-refractivity contribution in [1.82, 2.24) is 10.2 Å². The van der Waals surface area contributed by atoms with Crippen LogP contribution in [0.4, 0.5) is 9.59 Å². The molecule has 0 unspecified atom stereocenters. The minimum Gasteiger partial charge on any atom is -0.496 e. The van der Waals surface area contributed by atoms with E-state index in [1.807, 2.05) is 64.1 Å². The van der Waals surface area contributed by atoms with Crippen molar-refractivity contribution < 1.29 is 23.8 Å². The summed E-state index contributed by atoms with van der Waals surface area (Å²) in [7, 11) is 1.63. The molecule has 184 valence electrons. The molecule has 1 aliphatic rings. The smallest absolute Gasteiger partial charge is 0.410 e. The van der Waals surface area contributed by atoms with E-state index in [1.54, 1.807) is 12.0 Å². The lowest BCUT2D eigenvalue weighted by Gasteiger charge is -2.40. The minimum absolute atomic E-state index is 0.0930. The molecule has 7 nitrogen and oxygen atoms in total. The molecule has 1 heterocycles. The van der Waals surface area contributed by atoms with Crippen molar-refractivity contribution in [3.05, 3.63) is 63.7 Å². The Balaban J connectivity index is 1.62. The van der Waals surface area contributed by atoms with Crippen molar-refractivity contribution >= 4 is 23.8 Å². The number of halogens is 1. The van der Waals surface area contributed by atoms with E-state index in [0.717, 1.165) is 28.0 Å². The number of ether oxygens (including phenoxy) is 3. The quantitative estimate of drug-likeness (QED) is 0.560. The molecule has 0 bridgehead atoms. The second-order valence-corrected chi connectivity index (χ2v) is 9.82. The number of methoxy groups -OCH3 is 1. The summed E-state index contributed by atoms with van der Waals surface area (Å²) in [6.45, 7) is 9.10. The number of nitrogens with zero attached hydrogens (tertiary/aromatic N) is 1. The van der Waals surface area contributed by atoms with Gasteiger partial charge in [0, 0.05) is 36.1 Å². The molecule has 0 radical (unpaired) electrons. The standard InChI is InChI=1S/C26H33ClN2O5/c1-17-21(27)13-19(11-12-28-24(30)34-26(2,3)4)23(32-5)22(17)20-14-29(15-20)25(31)33-16-18-9-7-6-8-10-18/h6-10,13,20H,11-12,14-16H2,1-5H3,(H,28,30). The van der Waals surface area contributed by atoms with Gasteiger partial charge in [0.25, 0.3) is 0 Å². The summed E-state index contributed by atoms with van der Waals surface area (Å²) in [4.78, 5) is 26.1. The fraction of sp³-hybridized carbons (Fsp3) is 0.462. The second kappa shape index (κ2) is 11.0. The van der Waals surface area contributed by atoms with Crippen molar-refractivity contribution in [2.45, 2.75) is 52.2 Å². The predicted octanol–water partition coefficient (Wildman–Crippen LogP) is 5.46. The number of alkyl carbamates (subject to hydrolysis) is 1. The molecule has 8 heteroatoms. The van der Waals surface area contributed by atoms with Gasteiger partial charge in [0.2, 0.25) is 0 Å². The molecule has 0 saturated carbocycles. The molecule has 0 spiro atoms. The summed E-state index contributed by atoms with van der Waals surface area (Å²) < 4.78 is 16.5.